The van der Waals surface area contributed by atoms with Crippen LogP contribution in [0.4, 0.5) is 5.69 Å². The van der Waals surface area contributed by atoms with Gasteiger partial charge in [-0.1, -0.05) is 18.1 Å². The third-order valence-corrected chi connectivity index (χ3v) is 3.09. The number of carbonyl (C=O) groups excluding carboxylic acids is 2. The van der Waals surface area contributed by atoms with E-state index in [4.69, 9.17) is 5.11 Å². The van der Waals surface area contributed by atoms with Gasteiger partial charge in [0.2, 0.25) is 0 Å². The first-order valence-electron chi connectivity index (χ1n) is 6.26. The van der Waals surface area contributed by atoms with Crippen LogP contribution < -0.4 is 4.90 Å². The highest BCUT2D eigenvalue weighted by Crippen LogP contribution is 2.28. The van der Waals surface area contributed by atoms with Gasteiger partial charge < -0.3 is 5.11 Å². The number of nitrogens with zero attached hydrogens (tertiary/aromatic N) is 2. The number of benzene rings is 1. The molecule has 2 heterocycles. The summed E-state index contributed by atoms with van der Waals surface area (Å²) < 4.78 is 0. The monoisotopic (exact) mass is 278 g/mol. The first-order chi connectivity index (χ1) is 10.2. The number of aromatic nitrogens is 1. The fourth-order valence-corrected chi connectivity index (χ4v) is 2.18. The molecular weight excluding hydrogens is 268 g/mol. The molecule has 0 saturated heterocycles. The summed E-state index contributed by atoms with van der Waals surface area (Å²) in [6.07, 6.45) is 1.47. The van der Waals surface area contributed by atoms with Crippen LogP contribution in [0.1, 0.15) is 26.4 Å². The van der Waals surface area contributed by atoms with Gasteiger partial charge in [-0.05, 0) is 30.2 Å². The molecule has 0 aliphatic carbocycles. The zero-order chi connectivity index (χ0) is 14.8. The van der Waals surface area contributed by atoms with Crippen molar-refractivity contribution in [2.45, 2.75) is 0 Å². The molecule has 102 valence electrons. The molecule has 21 heavy (non-hydrogen) atoms. The Morgan fingerprint density at radius 2 is 1.76 bits per heavy atom. The van der Waals surface area contributed by atoms with Gasteiger partial charge in [0.05, 0.1) is 16.8 Å². The first-order valence-corrected chi connectivity index (χ1v) is 6.26. The highest BCUT2D eigenvalue weighted by molar-refractivity contribution is 6.34. The predicted octanol–water partition coefficient (Wildman–Crippen LogP) is 1.23. The van der Waals surface area contributed by atoms with E-state index in [0.717, 1.165) is 4.90 Å². The summed E-state index contributed by atoms with van der Waals surface area (Å²) in [5.41, 5.74) is 1.58. The Bertz CT molecular complexity index is 767. The van der Waals surface area contributed by atoms with Gasteiger partial charge in [0.1, 0.15) is 12.3 Å². The average molecular weight is 278 g/mol. The number of amides is 2. The van der Waals surface area contributed by atoms with Crippen LogP contribution in [0.25, 0.3) is 0 Å². The molecule has 0 bridgehead atoms. The molecule has 0 spiro atoms. The molecule has 0 fully saturated rings. The number of carbonyl (C=O) groups is 2. The van der Waals surface area contributed by atoms with Gasteiger partial charge in [0.25, 0.3) is 11.8 Å². The number of hydrogen-bond donors (Lipinski definition) is 1. The van der Waals surface area contributed by atoms with E-state index in [-0.39, 0.29) is 18.4 Å². The van der Waals surface area contributed by atoms with Crippen LogP contribution in [0, 0.1) is 11.8 Å². The van der Waals surface area contributed by atoms with Crippen molar-refractivity contribution in [3.63, 3.8) is 0 Å². The standard InChI is InChI=1S/C16H10N2O3/c19-9-3-4-11-10-12(7-8-17-11)18-15(20)13-5-1-2-6-14(13)16(18)21/h1-2,5-8,10,19H,9H2. The van der Waals surface area contributed by atoms with Crippen molar-refractivity contribution in [1.82, 2.24) is 4.98 Å². The Labute approximate surface area is 120 Å². The summed E-state index contributed by atoms with van der Waals surface area (Å²) in [7, 11) is 0. The van der Waals surface area contributed by atoms with E-state index in [2.05, 4.69) is 16.8 Å². The average Bonchev–Trinajstić information content (AvgIpc) is 2.78. The number of pyridine rings is 1. The van der Waals surface area contributed by atoms with Gasteiger partial charge in [0.15, 0.2) is 0 Å². The number of rotatable bonds is 1. The van der Waals surface area contributed by atoms with Crippen molar-refractivity contribution in [2.24, 2.45) is 0 Å². The Hall–Kier alpha value is -2.97. The third-order valence-electron chi connectivity index (χ3n) is 3.09. The first kappa shape index (κ1) is 13.0. The highest BCUT2D eigenvalue weighted by Gasteiger charge is 2.36. The molecular formula is C16H10N2O3. The summed E-state index contributed by atoms with van der Waals surface area (Å²) in [6.45, 7) is -0.279. The minimum atomic E-state index is -0.358. The second-order valence-electron chi connectivity index (χ2n) is 4.35. The SMILES string of the molecule is O=C1c2ccccc2C(=O)N1c1ccnc(C#CCO)c1. The molecule has 1 aliphatic heterocycles. The van der Waals surface area contributed by atoms with Gasteiger partial charge in [-0.25, -0.2) is 9.88 Å². The topological polar surface area (TPSA) is 70.5 Å². The Kier molecular flexibility index (Phi) is 3.22. The minimum Gasteiger partial charge on any atom is -0.384 e. The molecule has 0 radical (unpaired) electrons. The quantitative estimate of drug-likeness (QED) is 0.629. The molecule has 0 unspecified atom stereocenters. The van der Waals surface area contributed by atoms with Crippen molar-refractivity contribution < 1.29 is 14.7 Å². The van der Waals surface area contributed by atoms with E-state index < -0.39 is 0 Å². The van der Waals surface area contributed by atoms with Crippen molar-refractivity contribution in [2.75, 3.05) is 11.5 Å². The molecule has 1 aliphatic rings. The molecule has 1 aromatic carbocycles. The van der Waals surface area contributed by atoms with Crippen LogP contribution in [0.5, 0.6) is 0 Å². The molecule has 2 aromatic rings. The second kappa shape index (κ2) is 5.19. The van der Waals surface area contributed by atoms with Crippen LogP contribution in [0.3, 0.4) is 0 Å². The van der Waals surface area contributed by atoms with Gasteiger partial charge in [-0.3, -0.25) is 9.59 Å². The maximum atomic E-state index is 12.3. The van der Waals surface area contributed by atoms with Crippen LogP contribution in [0.2, 0.25) is 0 Å². The maximum Gasteiger partial charge on any atom is 0.266 e. The maximum absolute atomic E-state index is 12.3. The smallest absolute Gasteiger partial charge is 0.266 e. The molecule has 3 rings (SSSR count). The number of aliphatic hydroxyl groups excluding tert-OH is 1. The number of anilines is 1. The lowest BCUT2D eigenvalue weighted by Gasteiger charge is -2.13. The van der Waals surface area contributed by atoms with Crippen LogP contribution in [-0.4, -0.2) is 28.5 Å². The largest absolute Gasteiger partial charge is 0.384 e. The fraction of sp³-hybridized carbons (Fsp3) is 0.0625. The fourth-order valence-electron chi connectivity index (χ4n) is 2.18. The Morgan fingerprint density at radius 1 is 1.10 bits per heavy atom. The van der Waals surface area contributed by atoms with Crippen molar-refractivity contribution >= 4 is 17.5 Å². The predicted molar refractivity (Wildman–Crippen MR) is 75.8 cm³/mol. The van der Waals surface area contributed by atoms with E-state index in [1.807, 2.05) is 0 Å². The van der Waals surface area contributed by atoms with E-state index in [9.17, 15) is 9.59 Å². The summed E-state index contributed by atoms with van der Waals surface area (Å²) in [5, 5.41) is 8.69. The molecule has 1 N–H and O–H groups in total. The van der Waals surface area contributed by atoms with Crippen molar-refractivity contribution in [1.29, 1.82) is 0 Å². The van der Waals surface area contributed by atoms with Crippen LogP contribution in [-0.2, 0) is 0 Å². The third kappa shape index (κ3) is 2.18. The summed E-state index contributed by atoms with van der Waals surface area (Å²) in [6, 6.07) is 9.82. The van der Waals surface area contributed by atoms with E-state index >= 15 is 0 Å². The Balaban J connectivity index is 2.03. The lowest BCUT2D eigenvalue weighted by Crippen LogP contribution is -2.29. The molecule has 5 heteroatoms. The molecule has 5 nitrogen and oxygen atoms in total. The normalized spacial score (nSPS) is 12.9. The Morgan fingerprint density at radius 3 is 2.38 bits per heavy atom. The number of hydrogen-bond acceptors (Lipinski definition) is 4. The summed E-state index contributed by atoms with van der Waals surface area (Å²) in [5.74, 6) is 4.41. The zero-order valence-electron chi connectivity index (χ0n) is 10.9. The second-order valence-corrected chi connectivity index (χ2v) is 4.35. The molecule has 1 aromatic heterocycles. The lowest BCUT2D eigenvalue weighted by atomic mass is 10.1. The lowest BCUT2D eigenvalue weighted by molar-refractivity contribution is 0.0926. The minimum absolute atomic E-state index is 0.279. The van der Waals surface area contributed by atoms with E-state index in [0.29, 0.717) is 22.5 Å². The van der Waals surface area contributed by atoms with Gasteiger partial charge in [-0.2, -0.15) is 0 Å². The van der Waals surface area contributed by atoms with E-state index in [1.165, 1.54) is 6.20 Å². The highest BCUT2D eigenvalue weighted by atomic mass is 16.2. The van der Waals surface area contributed by atoms with E-state index in [1.54, 1.807) is 36.4 Å². The molecule has 0 atom stereocenters. The van der Waals surface area contributed by atoms with Crippen LogP contribution in [0.15, 0.2) is 42.6 Å². The number of fused-ring (bicyclic) bond motifs is 1. The number of aliphatic hydroxyl groups is 1. The molecule has 2 amide bonds. The van der Waals surface area contributed by atoms with Gasteiger partial charge in [0, 0.05) is 6.20 Å². The zero-order valence-corrected chi connectivity index (χ0v) is 10.9. The van der Waals surface area contributed by atoms with Gasteiger partial charge in [-0.15, -0.1) is 0 Å². The number of imide groups is 1. The summed E-state index contributed by atoms with van der Waals surface area (Å²) in [4.78, 5) is 29.8. The molecule has 0 saturated carbocycles. The van der Waals surface area contributed by atoms with Crippen LogP contribution >= 0.6 is 0 Å². The van der Waals surface area contributed by atoms with Gasteiger partial charge >= 0.3 is 0 Å². The van der Waals surface area contributed by atoms with Crippen molar-refractivity contribution in [3.8, 4) is 11.8 Å². The summed E-state index contributed by atoms with van der Waals surface area (Å²) >= 11 is 0. The van der Waals surface area contributed by atoms with Crippen molar-refractivity contribution in [3.05, 3.63) is 59.4 Å².